The predicted octanol–water partition coefficient (Wildman–Crippen LogP) is 3.76. The van der Waals surface area contributed by atoms with E-state index in [2.05, 4.69) is 24.5 Å². The molecule has 0 unspecified atom stereocenters. The van der Waals surface area contributed by atoms with Gasteiger partial charge in [0.05, 0.1) is 22.7 Å². The van der Waals surface area contributed by atoms with Crippen LogP contribution in [-0.4, -0.2) is 9.55 Å². The molecule has 0 N–H and O–H groups in total. The number of nitriles is 1. The van der Waals surface area contributed by atoms with E-state index in [-0.39, 0.29) is 0 Å². The van der Waals surface area contributed by atoms with Crippen LogP contribution >= 0.6 is 0 Å². The fourth-order valence-electron chi connectivity index (χ4n) is 2.68. The topological polar surface area (TPSA) is 41.6 Å². The van der Waals surface area contributed by atoms with Crippen molar-refractivity contribution in [3.8, 4) is 6.07 Å². The van der Waals surface area contributed by atoms with Crippen LogP contribution in [0.3, 0.4) is 0 Å². The maximum atomic E-state index is 8.96. The van der Waals surface area contributed by atoms with Gasteiger partial charge >= 0.3 is 0 Å². The van der Waals surface area contributed by atoms with Gasteiger partial charge in [0.1, 0.15) is 5.82 Å². The van der Waals surface area contributed by atoms with Crippen molar-refractivity contribution < 1.29 is 0 Å². The fourth-order valence-corrected chi connectivity index (χ4v) is 2.68. The minimum atomic E-state index is 0.415. The molecule has 1 fully saturated rings. The molecule has 0 aliphatic heterocycles. The van der Waals surface area contributed by atoms with E-state index in [4.69, 9.17) is 10.2 Å². The largest absolute Gasteiger partial charge is 0.325 e. The van der Waals surface area contributed by atoms with Crippen molar-refractivity contribution >= 4 is 11.0 Å². The quantitative estimate of drug-likeness (QED) is 0.800. The molecule has 0 spiro atoms. The molecule has 0 radical (unpaired) electrons. The Morgan fingerprint density at radius 3 is 2.72 bits per heavy atom. The van der Waals surface area contributed by atoms with Gasteiger partial charge in [-0.15, -0.1) is 0 Å². The third-order valence-corrected chi connectivity index (χ3v) is 3.83. The van der Waals surface area contributed by atoms with Gasteiger partial charge in [0.15, 0.2) is 0 Å². The van der Waals surface area contributed by atoms with Gasteiger partial charge in [-0.25, -0.2) is 4.98 Å². The van der Waals surface area contributed by atoms with E-state index in [9.17, 15) is 0 Å². The fraction of sp³-hybridized carbons (Fsp3) is 0.467. The van der Waals surface area contributed by atoms with Gasteiger partial charge in [-0.2, -0.15) is 5.26 Å². The summed E-state index contributed by atoms with van der Waals surface area (Å²) in [5, 5.41) is 8.96. The van der Waals surface area contributed by atoms with E-state index in [1.165, 1.54) is 25.1 Å². The Hall–Kier alpha value is -1.82. The predicted molar refractivity (Wildman–Crippen MR) is 71.4 cm³/mol. The average Bonchev–Trinajstić information content (AvgIpc) is 2.63. The van der Waals surface area contributed by atoms with Crippen molar-refractivity contribution in [3.63, 3.8) is 0 Å². The van der Waals surface area contributed by atoms with Gasteiger partial charge in [-0.1, -0.05) is 6.42 Å². The van der Waals surface area contributed by atoms with E-state index in [1.54, 1.807) is 0 Å². The first-order valence-electron chi connectivity index (χ1n) is 6.62. The Morgan fingerprint density at radius 1 is 1.39 bits per heavy atom. The molecule has 1 heterocycles. The maximum absolute atomic E-state index is 8.96. The number of imidazole rings is 1. The van der Waals surface area contributed by atoms with Crippen LogP contribution < -0.4 is 0 Å². The standard InChI is InChI=1S/C15H17N3/c1-10(2)18-14-7-6-11(9-16)8-13(14)17-15(18)12-4-3-5-12/h6-8,10,12H,3-5H2,1-2H3. The Morgan fingerprint density at radius 2 is 2.17 bits per heavy atom. The molecule has 3 rings (SSSR count). The Balaban J connectivity index is 2.22. The summed E-state index contributed by atoms with van der Waals surface area (Å²) >= 11 is 0. The molecule has 0 amide bonds. The Kier molecular flexibility index (Phi) is 2.59. The molecule has 2 aromatic rings. The summed E-state index contributed by atoms with van der Waals surface area (Å²) in [6, 6.07) is 8.41. The molecule has 1 aliphatic rings. The molecule has 92 valence electrons. The van der Waals surface area contributed by atoms with Gasteiger partial charge in [0.25, 0.3) is 0 Å². The van der Waals surface area contributed by atoms with Crippen molar-refractivity contribution in [2.75, 3.05) is 0 Å². The Bertz CT molecular complexity index is 627. The van der Waals surface area contributed by atoms with Crippen molar-refractivity contribution in [2.45, 2.75) is 45.1 Å². The lowest BCUT2D eigenvalue weighted by atomic mass is 9.84. The third kappa shape index (κ3) is 1.60. The van der Waals surface area contributed by atoms with Crippen LogP contribution in [0.1, 0.15) is 56.5 Å². The van der Waals surface area contributed by atoms with Crippen LogP contribution in [0.4, 0.5) is 0 Å². The van der Waals surface area contributed by atoms with Crippen molar-refractivity contribution in [1.29, 1.82) is 5.26 Å². The van der Waals surface area contributed by atoms with Crippen LogP contribution in [0.25, 0.3) is 11.0 Å². The molecule has 1 aromatic carbocycles. The summed E-state index contributed by atoms with van der Waals surface area (Å²) in [4.78, 5) is 4.78. The van der Waals surface area contributed by atoms with Gasteiger partial charge in [-0.3, -0.25) is 0 Å². The monoisotopic (exact) mass is 239 g/mol. The zero-order valence-electron chi connectivity index (χ0n) is 10.8. The summed E-state index contributed by atoms with van der Waals surface area (Å²) in [5.41, 5.74) is 2.81. The van der Waals surface area contributed by atoms with Gasteiger partial charge in [-0.05, 0) is 44.9 Å². The second-order valence-electron chi connectivity index (χ2n) is 5.38. The smallest absolute Gasteiger partial charge is 0.113 e. The van der Waals surface area contributed by atoms with E-state index in [1.807, 2.05) is 18.2 Å². The number of benzene rings is 1. The minimum Gasteiger partial charge on any atom is -0.325 e. The molecular formula is C15H17N3. The highest BCUT2D eigenvalue weighted by molar-refractivity contribution is 5.78. The number of hydrogen-bond donors (Lipinski definition) is 0. The highest BCUT2D eigenvalue weighted by Crippen LogP contribution is 2.38. The second-order valence-corrected chi connectivity index (χ2v) is 5.38. The first-order valence-corrected chi connectivity index (χ1v) is 6.62. The minimum absolute atomic E-state index is 0.415. The molecule has 1 aliphatic carbocycles. The van der Waals surface area contributed by atoms with Crippen molar-refractivity contribution in [1.82, 2.24) is 9.55 Å². The van der Waals surface area contributed by atoms with E-state index in [0.29, 0.717) is 17.5 Å². The van der Waals surface area contributed by atoms with Crippen LogP contribution in [0.5, 0.6) is 0 Å². The lowest BCUT2D eigenvalue weighted by molar-refractivity contribution is 0.381. The molecule has 3 nitrogen and oxygen atoms in total. The number of hydrogen-bond acceptors (Lipinski definition) is 2. The normalized spacial score (nSPS) is 15.9. The first kappa shape index (κ1) is 11.3. The SMILES string of the molecule is CC(C)n1c(C2CCC2)nc2cc(C#N)ccc21. The van der Waals surface area contributed by atoms with Crippen LogP contribution in [-0.2, 0) is 0 Å². The van der Waals surface area contributed by atoms with Crippen LogP contribution in [0.15, 0.2) is 18.2 Å². The second kappa shape index (κ2) is 4.13. The molecule has 0 atom stereocenters. The van der Waals surface area contributed by atoms with Crippen molar-refractivity contribution in [2.24, 2.45) is 0 Å². The van der Waals surface area contributed by atoms with Crippen LogP contribution in [0, 0.1) is 11.3 Å². The summed E-state index contributed by atoms with van der Waals surface area (Å²) in [7, 11) is 0. The van der Waals surface area contributed by atoms with Crippen molar-refractivity contribution in [3.05, 3.63) is 29.6 Å². The van der Waals surface area contributed by atoms with Crippen LogP contribution in [0.2, 0.25) is 0 Å². The zero-order chi connectivity index (χ0) is 12.7. The zero-order valence-corrected chi connectivity index (χ0v) is 10.8. The number of fused-ring (bicyclic) bond motifs is 1. The average molecular weight is 239 g/mol. The first-order chi connectivity index (χ1) is 8.70. The highest BCUT2D eigenvalue weighted by Gasteiger charge is 2.26. The third-order valence-electron chi connectivity index (χ3n) is 3.83. The molecule has 0 saturated heterocycles. The number of nitrogens with zero attached hydrogens (tertiary/aromatic N) is 3. The lowest BCUT2D eigenvalue weighted by Crippen LogP contribution is -2.16. The highest BCUT2D eigenvalue weighted by atomic mass is 15.1. The molecular weight excluding hydrogens is 222 g/mol. The van der Waals surface area contributed by atoms with E-state index in [0.717, 1.165) is 11.0 Å². The lowest BCUT2D eigenvalue weighted by Gasteiger charge is -2.27. The van der Waals surface area contributed by atoms with E-state index < -0.39 is 0 Å². The summed E-state index contributed by atoms with van der Waals surface area (Å²) in [5.74, 6) is 1.83. The van der Waals surface area contributed by atoms with Gasteiger partial charge < -0.3 is 4.57 Å². The summed E-state index contributed by atoms with van der Waals surface area (Å²) < 4.78 is 2.33. The summed E-state index contributed by atoms with van der Waals surface area (Å²) in [6.07, 6.45) is 3.82. The van der Waals surface area contributed by atoms with Gasteiger partial charge in [0, 0.05) is 12.0 Å². The molecule has 18 heavy (non-hydrogen) atoms. The summed E-state index contributed by atoms with van der Waals surface area (Å²) in [6.45, 7) is 4.39. The molecule has 1 saturated carbocycles. The molecule has 0 bridgehead atoms. The molecule has 3 heteroatoms. The number of aromatic nitrogens is 2. The van der Waals surface area contributed by atoms with E-state index >= 15 is 0 Å². The molecule has 1 aromatic heterocycles. The maximum Gasteiger partial charge on any atom is 0.113 e. The van der Waals surface area contributed by atoms with Gasteiger partial charge in [0.2, 0.25) is 0 Å². The number of rotatable bonds is 2. The Labute approximate surface area is 107 Å².